The molecule has 0 aliphatic heterocycles. The topological polar surface area (TPSA) is 33.0 Å². The third-order valence-corrected chi connectivity index (χ3v) is 18.1. The monoisotopic (exact) mass is 437 g/mol. The molecule has 0 radical (unpaired) electrons. The molecule has 0 fully saturated rings. The zero-order valence-electron chi connectivity index (χ0n) is 19.6. The van der Waals surface area contributed by atoms with Gasteiger partial charge in [-0.25, -0.2) is 0 Å². The van der Waals surface area contributed by atoms with Crippen LogP contribution in [0.15, 0.2) is 48.5 Å². The van der Waals surface area contributed by atoms with Crippen LogP contribution >= 0.6 is 0 Å². The lowest BCUT2D eigenvalue weighted by Gasteiger charge is -2.41. The average Bonchev–Trinajstić information content (AvgIpc) is 2.82. The van der Waals surface area contributed by atoms with Crippen LogP contribution in [0.3, 0.4) is 0 Å². The molecular formula is C26H39NOSi2. The molecule has 0 unspecified atom stereocenters. The minimum Gasteiger partial charge on any atom is -0.455 e. The highest BCUT2D eigenvalue weighted by Gasteiger charge is 2.40. The molecule has 0 saturated carbocycles. The van der Waals surface area contributed by atoms with Gasteiger partial charge in [0.1, 0.15) is 0 Å². The van der Waals surface area contributed by atoms with Crippen molar-refractivity contribution in [2.45, 2.75) is 83.7 Å². The number of aryl methyl sites for hydroxylation is 1. The predicted octanol–water partition coefficient (Wildman–Crippen LogP) is 8.16. The zero-order chi connectivity index (χ0) is 22.0. The molecule has 0 aromatic heterocycles. The molecule has 0 aliphatic rings. The molecule has 0 aliphatic carbocycles. The first-order valence-electron chi connectivity index (χ1n) is 11.8. The summed E-state index contributed by atoms with van der Waals surface area (Å²) in [6, 6.07) is 26.5. The summed E-state index contributed by atoms with van der Waals surface area (Å²) < 4.78 is 7.25. The summed E-state index contributed by atoms with van der Waals surface area (Å²) in [6.07, 6.45) is 2.37. The molecule has 162 valence electrons. The van der Waals surface area contributed by atoms with Crippen LogP contribution in [0.1, 0.15) is 52.2 Å². The summed E-state index contributed by atoms with van der Waals surface area (Å²) in [4.78, 5) is 0. The fraction of sp³-hybridized carbons (Fsp3) is 0.500. The van der Waals surface area contributed by atoms with Crippen LogP contribution in [0.4, 0.5) is 0 Å². The Morgan fingerprint density at radius 1 is 0.700 bits per heavy atom. The van der Waals surface area contributed by atoms with Gasteiger partial charge in [0.2, 0.25) is 0 Å². The zero-order valence-corrected chi connectivity index (χ0v) is 21.6. The third kappa shape index (κ3) is 6.17. The Morgan fingerprint density at radius 2 is 1.17 bits per heavy atom. The van der Waals surface area contributed by atoms with Gasteiger partial charge in [-0.05, 0) is 71.5 Å². The average molecular weight is 438 g/mol. The van der Waals surface area contributed by atoms with Crippen molar-refractivity contribution in [3.05, 3.63) is 59.7 Å². The number of rotatable bonds is 12. The van der Waals surface area contributed by atoms with Gasteiger partial charge in [0.05, 0.1) is 11.6 Å². The van der Waals surface area contributed by atoms with Crippen molar-refractivity contribution >= 4 is 16.6 Å². The van der Waals surface area contributed by atoms with Crippen molar-refractivity contribution in [3.63, 3.8) is 0 Å². The molecule has 0 heterocycles. The minimum absolute atomic E-state index is 0.706. The second-order valence-electron chi connectivity index (χ2n) is 8.52. The number of hydrogen-bond donors (Lipinski definition) is 0. The van der Waals surface area contributed by atoms with E-state index in [0.29, 0.717) is 5.56 Å². The van der Waals surface area contributed by atoms with Gasteiger partial charge >= 0.3 is 0 Å². The van der Waals surface area contributed by atoms with Crippen molar-refractivity contribution in [1.82, 2.24) is 0 Å². The van der Waals surface area contributed by atoms with Gasteiger partial charge in [-0.3, -0.25) is 0 Å². The summed E-state index contributed by atoms with van der Waals surface area (Å²) in [5.74, 6) is 0. The van der Waals surface area contributed by atoms with E-state index in [0.717, 1.165) is 12.0 Å². The van der Waals surface area contributed by atoms with Gasteiger partial charge in [0.25, 0.3) is 0 Å². The Labute approximate surface area is 186 Å². The van der Waals surface area contributed by atoms with E-state index in [1.807, 2.05) is 24.3 Å². The largest absolute Gasteiger partial charge is 0.455 e. The highest BCUT2D eigenvalue weighted by molar-refractivity contribution is 6.87. The second-order valence-corrected chi connectivity index (χ2v) is 17.9. The Morgan fingerprint density at radius 3 is 1.60 bits per heavy atom. The van der Waals surface area contributed by atoms with E-state index in [1.54, 1.807) is 0 Å². The molecule has 0 bridgehead atoms. The first kappa shape index (κ1) is 24.6. The Balaban J connectivity index is 2.10. The van der Waals surface area contributed by atoms with E-state index in [4.69, 9.17) is 9.38 Å². The summed E-state index contributed by atoms with van der Waals surface area (Å²) in [5, 5.41) is 8.98. The number of benzene rings is 2. The van der Waals surface area contributed by atoms with E-state index < -0.39 is 16.6 Å². The van der Waals surface area contributed by atoms with Gasteiger partial charge in [-0.15, -0.1) is 0 Å². The summed E-state index contributed by atoms with van der Waals surface area (Å²) >= 11 is 0. The van der Waals surface area contributed by atoms with Crippen LogP contribution < -0.4 is 0 Å². The highest BCUT2D eigenvalue weighted by Crippen LogP contribution is 2.34. The van der Waals surface area contributed by atoms with Crippen molar-refractivity contribution < 1.29 is 4.12 Å². The van der Waals surface area contributed by atoms with Gasteiger partial charge in [0.15, 0.2) is 16.6 Å². The van der Waals surface area contributed by atoms with Gasteiger partial charge < -0.3 is 4.12 Å². The van der Waals surface area contributed by atoms with E-state index >= 15 is 0 Å². The van der Waals surface area contributed by atoms with Crippen LogP contribution in [0.25, 0.3) is 11.1 Å². The van der Waals surface area contributed by atoms with Crippen LogP contribution in [-0.4, -0.2) is 16.6 Å². The summed E-state index contributed by atoms with van der Waals surface area (Å²) in [7, 11) is -3.28. The molecule has 0 atom stereocenters. The lowest BCUT2D eigenvalue weighted by Crippen LogP contribution is -2.50. The Kier molecular flexibility index (Phi) is 9.55. The first-order valence-corrected chi connectivity index (χ1v) is 16.8. The highest BCUT2D eigenvalue weighted by atomic mass is 28.4. The van der Waals surface area contributed by atoms with Gasteiger partial charge in [-0.2, -0.15) is 5.26 Å². The van der Waals surface area contributed by atoms with Crippen molar-refractivity contribution in [2.24, 2.45) is 0 Å². The smallest absolute Gasteiger partial charge is 0.179 e. The first-order chi connectivity index (χ1) is 14.5. The summed E-state index contributed by atoms with van der Waals surface area (Å²) in [6.45, 7) is 11.8. The fourth-order valence-corrected chi connectivity index (χ4v) is 15.4. The van der Waals surface area contributed by atoms with Crippen molar-refractivity contribution in [1.29, 1.82) is 5.26 Å². The standard InChI is InChI=1S/C26H39NOSi2/c1-6-20-29(7-2,8-3)28-30(9-4,10-5)21-19-23-11-15-25(16-12-23)26-17-13-24(22-27)14-18-26/h11-18H,6-10,19-21H2,1-5H3. The number of nitriles is 1. The molecule has 2 aromatic rings. The van der Waals surface area contributed by atoms with Crippen LogP contribution in [0.5, 0.6) is 0 Å². The normalized spacial score (nSPS) is 12.0. The molecule has 2 nitrogen and oxygen atoms in total. The van der Waals surface area contributed by atoms with Gasteiger partial charge in [-0.1, -0.05) is 77.4 Å². The van der Waals surface area contributed by atoms with Crippen molar-refractivity contribution in [2.75, 3.05) is 0 Å². The molecule has 2 aromatic carbocycles. The molecule has 0 saturated heterocycles. The second kappa shape index (κ2) is 11.6. The molecule has 0 spiro atoms. The molecule has 4 heteroatoms. The summed E-state index contributed by atoms with van der Waals surface area (Å²) in [5.41, 5.74) is 4.49. The quantitative estimate of drug-likeness (QED) is 0.314. The maximum Gasteiger partial charge on any atom is 0.179 e. The molecule has 0 N–H and O–H groups in total. The maximum absolute atomic E-state index is 8.98. The minimum atomic E-state index is -1.70. The lowest BCUT2D eigenvalue weighted by atomic mass is 10.0. The lowest BCUT2D eigenvalue weighted by molar-refractivity contribution is 0.502. The van der Waals surface area contributed by atoms with Crippen molar-refractivity contribution in [3.8, 4) is 17.2 Å². The molecule has 2 rings (SSSR count). The third-order valence-electron chi connectivity index (χ3n) is 6.89. The van der Waals surface area contributed by atoms with Gasteiger partial charge in [0, 0.05) is 0 Å². The Hall–Kier alpha value is -1.68. The van der Waals surface area contributed by atoms with Crippen LogP contribution in [0, 0.1) is 11.3 Å². The maximum atomic E-state index is 8.98. The molecule has 0 amide bonds. The van der Waals surface area contributed by atoms with Crippen LogP contribution in [0.2, 0.25) is 36.3 Å². The van der Waals surface area contributed by atoms with E-state index in [1.165, 1.54) is 53.8 Å². The molecule has 30 heavy (non-hydrogen) atoms. The predicted molar refractivity (Wildman–Crippen MR) is 135 cm³/mol. The fourth-order valence-electron chi connectivity index (χ4n) is 4.49. The Bertz CT molecular complexity index is 800. The molecular weight excluding hydrogens is 398 g/mol. The van der Waals surface area contributed by atoms with E-state index in [9.17, 15) is 0 Å². The van der Waals surface area contributed by atoms with E-state index in [-0.39, 0.29) is 0 Å². The number of hydrogen-bond acceptors (Lipinski definition) is 2. The number of nitrogens with zero attached hydrogens (tertiary/aromatic N) is 1. The SMILES string of the molecule is CCC[Si](CC)(CC)O[Si](CC)(CC)CCc1ccc(-c2ccc(C#N)cc2)cc1. The van der Waals surface area contributed by atoms with Crippen LogP contribution in [-0.2, 0) is 10.5 Å². The van der Waals surface area contributed by atoms with E-state index in [2.05, 4.69) is 65.0 Å².